The molecule has 0 radical (unpaired) electrons. The molecule has 408 valence electrons. The summed E-state index contributed by atoms with van der Waals surface area (Å²) in [5.41, 5.74) is 8.64. The zero-order valence-corrected chi connectivity index (χ0v) is 44.0. The number of amides is 1. The highest BCUT2D eigenvalue weighted by Gasteiger charge is 2.49. The number of carbonyl (C=O) groups excluding carboxylic acids is 5. The summed E-state index contributed by atoms with van der Waals surface area (Å²) in [6.45, 7) is 9.15. The number of ketones is 3. The van der Waals surface area contributed by atoms with Crippen LogP contribution in [0.15, 0.2) is 53.8 Å². The highest BCUT2D eigenvalue weighted by Crippen LogP contribution is 2.37. The van der Waals surface area contributed by atoms with Gasteiger partial charge in [0.2, 0.25) is 5.79 Å². The predicted molar refractivity (Wildman–Crippen MR) is 269 cm³/mol. The fraction of sp³-hybridized carbons (Fsp3) is 0.722. The Hall–Kier alpha value is -4.31. The van der Waals surface area contributed by atoms with Crippen LogP contribution in [0.2, 0.25) is 0 Å². The Kier molecular flexibility index (Phi) is 23.3. The van der Waals surface area contributed by atoms with Crippen molar-refractivity contribution < 1.29 is 68.1 Å². The van der Waals surface area contributed by atoms with Crippen molar-refractivity contribution in [2.45, 2.75) is 192 Å². The molecule has 19 nitrogen and oxygen atoms in total. The van der Waals surface area contributed by atoms with E-state index in [-0.39, 0.29) is 81.0 Å². The van der Waals surface area contributed by atoms with E-state index in [0.29, 0.717) is 76.3 Å². The molecule has 2 bridgehead atoms. The number of nitrogens with two attached hydrogens (primary N) is 1. The van der Waals surface area contributed by atoms with Crippen LogP contribution in [0.5, 0.6) is 0 Å². The maximum atomic E-state index is 14.1. The van der Waals surface area contributed by atoms with Crippen molar-refractivity contribution in [3.8, 4) is 0 Å². The summed E-state index contributed by atoms with van der Waals surface area (Å²) in [6, 6.07) is -1.70. The molecule has 0 spiro atoms. The van der Waals surface area contributed by atoms with Crippen molar-refractivity contribution in [3.63, 3.8) is 0 Å². The van der Waals surface area contributed by atoms with E-state index in [2.05, 4.69) is 10.3 Å². The summed E-state index contributed by atoms with van der Waals surface area (Å²) in [5.74, 6) is -7.53. The summed E-state index contributed by atoms with van der Waals surface area (Å²) in [5, 5.41) is 51.6. The number of rotatable bonds is 10. The van der Waals surface area contributed by atoms with Crippen LogP contribution in [0.1, 0.15) is 136 Å². The maximum Gasteiger partial charge on any atom is 0.308 e. The molecule has 19 heteroatoms. The molecular formula is C54H83N5O14. The SMILES string of the molecule is CO[C@H]1C[C@@H]2CCC[C@@](O)(O2)C(=O)C(=O)N2CCCC[C@H]2CC(=O)O[C@H]([C@H](N)C[C@@H]2CC[C@H](n3cc(COCCO)nn3)[C@H](OC)C2)CC(=O)[C@H](C)/C=C(\C)[C@@H](O)[C@@H](O)C(=O)[C@H](C)C[C@H](C)/C=C/C=C/C=C1C. The molecule has 1 aromatic heterocycles. The van der Waals surface area contributed by atoms with Gasteiger partial charge in [0.25, 0.3) is 11.7 Å². The molecular weight excluding hydrogens is 943 g/mol. The molecule has 2 saturated heterocycles. The Balaban J connectivity index is 1.39. The molecule has 4 heterocycles. The van der Waals surface area contributed by atoms with Crippen LogP contribution in [-0.2, 0) is 54.3 Å². The minimum absolute atomic E-state index is 0.00196. The summed E-state index contributed by atoms with van der Waals surface area (Å²) in [6.07, 6.45) is 11.9. The van der Waals surface area contributed by atoms with E-state index in [9.17, 15) is 39.3 Å². The third kappa shape index (κ3) is 16.8. The first kappa shape index (κ1) is 59.6. The first-order chi connectivity index (χ1) is 34.8. The van der Waals surface area contributed by atoms with E-state index in [0.717, 1.165) is 5.57 Å². The summed E-state index contributed by atoms with van der Waals surface area (Å²) < 4.78 is 31.1. The third-order valence-electron chi connectivity index (χ3n) is 15.1. The fourth-order valence-electron chi connectivity index (χ4n) is 10.8. The van der Waals surface area contributed by atoms with Crippen molar-refractivity contribution in [2.75, 3.05) is 34.0 Å². The highest BCUT2D eigenvalue weighted by atomic mass is 16.6. The van der Waals surface area contributed by atoms with Gasteiger partial charge in [-0.05, 0) is 101 Å². The normalized spacial score (nSPS) is 35.7. The van der Waals surface area contributed by atoms with Crippen LogP contribution in [-0.4, -0.2) is 158 Å². The third-order valence-corrected chi connectivity index (χ3v) is 15.1. The number of aromatic nitrogens is 3. The maximum absolute atomic E-state index is 14.1. The second kappa shape index (κ2) is 28.5. The van der Waals surface area contributed by atoms with Crippen LogP contribution >= 0.6 is 0 Å². The van der Waals surface area contributed by atoms with Gasteiger partial charge in [0.1, 0.15) is 29.8 Å². The number of piperidine rings is 1. The number of allylic oxidation sites excluding steroid dienone is 6. The van der Waals surface area contributed by atoms with E-state index in [1.807, 2.05) is 44.2 Å². The number of esters is 1. The van der Waals surface area contributed by atoms with Crippen LogP contribution in [0.3, 0.4) is 0 Å². The summed E-state index contributed by atoms with van der Waals surface area (Å²) in [7, 11) is 3.19. The van der Waals surface area contributed by atoms with E-state index >= 15 is 0 Å². The minimum atomic E-state index is -2.37. The summed E-state index contributed by atoms with van der Waals surface area (Å²) in [4.78, 5) is 71.1. The van der Waals surface area contributed by atoms with Crippen molar-refractivity contribution in [1.29, 1.82) is 0 Å². The van der Waals surface area contributed by atoms with Gasteiger partial charge in [-0.1, -0.05) is 62.4 Å². The molecule has 73 heavy (non-hydrogen) atoms. The van der Waals surface area contributed by atoms with Gasteiger partial charge in [-0.3, -0.25) is 24.0 Å². The molecule has 4 aliphatic rings. The van der Waals surface area contributed by atoms with Gasteiger partial charge < -0.3 is 54.7 Å². The lowest BCUT2D eigenvalue weighted by Gasteiger charge is -2.40. The van der Waals surface area contributed by atoms with Crippen LogP contribution < -0.4 is 5.73 Å². The number of methoxy groups -OCH3 is 2. The smallest absolute Gasteiger partial charge is 0.308 e. The molecule has 14 atom stereocenters. The monoisotopic (exact) mass is 1030 g/mol. The van der Waals surface area contributed by atoms with Crippen LogP contribution in [0.4, 0.5) is 0 Å². The topological polar surface area (TPSA) is 272 Å². The number of Topliss-reactive ketones (excluding diaryl/α,β-unsaturated/α-hetero) is 3. The number of aliphatic hydroxyl groups excluding tert-OH is 3. The Morgan fingerprint density at radius 1 is 0.904 bits per heavy atom. The van der Waals surface area contributed by atoms with E-state index in [1.165, 1.54) is 17.9 Å². The van der Waals surface area contributed by atoms with Crippen LogP contribution in [0, 0.1) is 23.7 Å². The second-order valence-electron chi connectivity index (χ2n) is 20.9. The van der Waals surface area contributed by atoms with Gasteiger partial charge in [0.05, 0.1) is 56.8 Å². The molecule has 3 aliphatic heterocycles. The van der Waals surface area contributed by atoms with Gasteiger partial charge >= 0.3 is 5.97 Å². The molecule has 3 fully saturated rings. The second-order valence-corrected chi connectivity index (χ2v) is 20.9. The average Bonchev–Trinajstić information content (AvgIpc) is 3.84. The number of ether oxygens (including phenoxy) is 5. The molecule has 0 unspecified atom stereocenters. The molecule has 6 N–H and O–H groups in total. The van der Waals surface area contributed by atoms with E-state index in [4.69, 9.17) is 34.5 Å². The van der Waals surface area contributed by atoms with E-state index < -0.39 is 83.7 Å². The molecule has 1 aromatic rings. The van der Waals surface area contributed by atoms with Crippen molar-refractivity contribution in [1.82, 2.24) is 19.9 Å². The zero-order chi connectivity index (χ0) is 53.4. The number of carbonyl (C=O) groups is 5. The minimum Gasteiger partial charge on any atom is -0.460 e. The number of fused-ring (bicyclic) bond motifs is 3. The lowest BCUT2D eigenvalue weighted by atomic mass is 9.79. The predicted octanol–water partition coefficient (Wildman–Crippen LogP) is 4.34. The van der Waals surface area contributed by atoms with Crippen molar-refractivity contribution in [3.05, 3.63) is 59.5 Å². The summed E-state index contributed by atoms with van der Waals surface area (Å²) >= 11 is 0. The average molecular weight is 1030 g/mol. The number of hydrogen-bond acceptors (Lipinski definition) is 17. The molecule has 1 saturated carbocycles. The first-order valence-corrected chi connectivity index (χ1v) is 26.3. The standard InChI is InChI=1S/C54H83N5O14/c1-33-14-9-8-10-15-34(2)45(69-6)29-41-17-13-20-54(68,73-41)52(66)53(67)58-21-12-11-16-40(58)28-48(62)72-46(30-44(61)35(3)25-37(5)50(64)51(65)49(63)36(4)24-33)42(55)26-38-18-19-43(47(27-38)70-7)59-31-39(56-57-59)32-71-23-22-60/h8-10,14-15,25,31,33,35-36,38,40-43,45-47,50-51,60,64-65,68H,11-13,16-24,26-30,32,55H2,1-7H3/b10-8+,14-9+,34-15?,37-25+/t33-,35-,36-,38+,40+,41+,42-,43+,45+,46+,47-,50-,51+,54-/m1/s1. The van der Waals surface area contributed by atoms with Gasteiger partial charge in [0, 0.05) is 63.9 Å². The Bertz CT molecular complexity index is 2120. The lowest BCUT2D eigenvalue weighted by Crippen LogP contribution is -2.57. The lowest BCUT2D eigenvalue weighted by molar-refractivity contribution is -0.244. The van der Waals surface area contributed by atoms with Gasteiger partial charge in [-0.15, -0.1) is 5.10 Å². The highest BCUT2D eigenvalue weighted by molar-refractivity contribution is 6.38. The Morgan fingerprint density at radius 2 is 1.67 bits per heavy atom. The van der Waals surface area contributed by atoms with Crippen LogP contribution in [0.25, 0.3) is 0 Å². The quantitative estimate of drug-likeness (QED) is 0.0944. The first-order valence-electron chi connectivity index (χ1n) is 26.3. The Morgan fingerprint density at radius 3 is 2.40 bits per heavy atom. The largest absolute Gasteiger partial charge is 0.460 e. The molecule has 5 rings (SSSR count). The van der Waals surface area contributed by atoms with Gasteiger partial charge in [0.15, 0.2) is 5.78 Å². The molecule has 0 aromatic carbocycles. The zero-order valence-electron chi connectivity index (χ0n) is 44.0. The van der Waals surface area contributed by atoms with Gasteiger partial charge in [-0.2, -0.15) is 0 Å². The van der Waals surface area contributed by atoms with Crippen molar-refractivity contribution >= 4 is 29.2 Å². The van der Waals surface area contributed by atoms with E-state index in [1.54, 1.807) is 38.9 Å². The van der Waals surface area contributed by atoms with Gasteiger partial charge in [-0.25, -0.2) is 4.68 Å². The number of hydrogen-bond donors (Lipinski definition) is 5. The molecule has 1 amide bonds. The van der Waals surface area contributed by atoms with Crippen molar-refractivity contribution in [2.24, 2.45) is 29.4 Å². The fourth-order valence-corrected chi connectivity index (χ4v) is 10.8. The Labute approximate surface area is 430 Å². The molecule has 1 aliphatic carbocycles. The number of aliphatic hydroxyl groups is 4. The number of nitrogens with zero attached hydrogens (tertiary/aromatic N) is 4. The number of cyclic esters (lactones) is 1.